The van der Waals surface area contributed by atoms with Gasteiger partial charge in [0.05, 0.1) is 11.8 Å². The lowest BCUT2D eigenvalue weighted by molar-refractivity contribution is -0.146. The van der Waals surface area contributed by atoms with E-state index in [-0.39, 0.29) is 17.2 Å². The van der Waals surface area contributed by atoms with Crippen molar-refractivity contribution in [3.05, 3.63) is 0 Å². The molecule has 0 unspecified atom stereocenters. The van der Waals surface area contributed by atoms with Gasteiger partial charge in [-0.1, -0.05) is 46.5 Å². The average molecular weight is 283 g/mol. The minimum atomic E-state index is -0.829. The summed E-state index contributed by atoms with van der Waals surface area (Å²) in [6, 6.07) is 0. The zero-order chi connectivity index (χ0) is 15.2. The highest BCUT2D eigenvalue weighted by Crippen LogP contribution is 2.32. The van der Waals surface area contributed by atoms with Gasteiger partial charge in [0.1, 0.15) is 0 Å². The van der Waals surface area contributed by atoms with Crippen LogP contribution in [0.4, 0.5) is 0 Å². The van der Waals surface area contributed by atoms with Crippen molar-refractivity contribution in [2.24, 2.45) is 17.3 Å². The molecule has 1 saturated carbocycles. The van der Waals surface area contributed by atoms with Crippen LogP contribution >= 0.6 is 0 Å². The number of amides is 1. The van der Waals surface area contributed by atoms with Crippen molar-refractivity contribution in [3.8, 4) is 0 Å². The van der Waals surface area contributed by atoms with E-state index >= 15 is 0 Å². The first kappa shape index (κ1) is 17.0. The van der Waals surface area contributed by atoms with E-state index in [4.69, 9.17) is 5.11 Å². The molecule has 1 fully saturated rings. The predicted octanol–water partition coefficient (Wildman–Crippen LogP) is 3.21. The molecule has 2 atom stereocenters. The molecule has 4 heteroatoms. The third-order valence-electron chi connectivity index (χ3n) is 4.37. The van der Waals surface area contributed by atoms with Gasteiger partial charge >= 0.3 is 5.97 Å². The second-order valence-corrected chi connectivity index (χ2v) is 6.82. The molecule has 1 rings (SSSR count). The Morgan fingerprint density at radius 3 is 2.45 bits per heavy atom. The van der Waals surface area contributed by atoms with Crippen molar-refractivity contribution in [3.63, 3.8) is 0 Å². The van der Waals surface area contributed by atoms with E-state index in [2.05, 4.69) is 26.1 Å². The number of carboxylic acids is 1. The lowest BCUT2D eigenvalue weighted by atomic mass is 9.86. The molecule has 0 aliphatic heterocycles. The SMILES string of the molecule is CCCCCC(C)(C)CNC(=O)[C@@H]1CCC[C@@H]1C(=O)O. The summed E-state index contributed by atoms with van der Waals surface area (Å²) in [5, 5.41) is 12.1. The summed E-state index contributed by atoms with van der Waals surface area (Å²) in [5.41, 5.74) is 0.0855. The second-order valence-electron chi connectivity index (χ2n) is 6.82. The van der Waals surface area contributed by atoms with Crippen molar-refractivity contribution in [1.29, 1.82) is 0 Å². The van der Waals surface area contributed by atoms with Crippen LogP contribution in [0.25, 0.3) is 0 Å². The number of nitrogens with one attached hydrogen (secondary N) is 1. The molecule has 20 heavy (non-hydrogen) atoms. The fourth-order valence-corrected chi connectivity index (χ4v) is 2.97. The third kappa shape index (κ3) is 5.14. The van der Waals surface area contributed by atoms with Crippen LogP contribution in [-0.2, 0) is 9.59 Å². The molecular weight excluding hydrogens is 254 g/mol. The number of carbonyl (C=O) groups excluding carboxylic acids is 1. The second kappa shape index (κ2) is 7.65. The molecule has 2 N–H and O–H groups in total. The van der Waals surface area contributed by atoms with Crippen molar-refractivity contribution in [2.75, 3.05) is 6.54 Å². The Morgan fingerprint density at radius 1 is 1.20 bits per heavy atom. The van der Waals surface area contributed by atoms with Gasteiger partial charge in [-0.05, 0) is 24.7 Å². The minimum absolute atomic E-state index is 0.0709. The molecule has 4 nitrogen and oxygen atoms in total. The van der Waals surface area contributed by atoms with Gasteiger partial charge in [0.25, 0.3) is 0 Å². The first-order valence-corrected chi connectivity index (χ1v) is 7.88. The van der Waals surface area contributed by atoms with Gasteiger partial charge in [-0.15, -0.1) is 0 Å². The van der Waals surface area contributed by atoms with Crippen molar-refractivity contribution in [2.45, 2.75) is 65.7 Å². The maximum Gasteiger partial charge on any atom is 0.307 e. The number of aliphatic carboxylic acids is 1. The van der Waals surface area contributed by atoms with Crippen LogP contribution in [0.1, 0.15) is 65.7 Å². The van der Waals surface area contributed by atoms with E-state index in [1.807, 2.05) is 0 Å². The van der Waals surface area contributed by atoms with Crippen molar-refractivity contribution >= 4 is 11.9 Å². The molecule has 116 valence electrons. The van der Waals surface area contributed by atoms with Gasteiger partial charge in [-0.25, -0.2) is 0 Å². The first-order valence-electron chi connectivity index (χ1n) is 7.88. The largest absolute Gasteiger partial charge is 0.481 e. The number of hydrogen-bond donors (Lipinski definition) is 2. The monoisotopic (exact) mass is 283 g/mol. The Kier molecular flexibility index (Phi) is 6.50. The normalized spacial score (nSPS) is 22.8. The van der Waals surface area contributed by atoms with Crippen LogP contribution in [0.3, 0.4) is 0 Å². The minimum Gasteiger partial charge on any atom is -0.481 e. The summed E-state index contributed by atoms with van der Waals surface area (Å²) < 4.78 is 0. The zero-order valence-electron chi connectivity index (χ0n) is 13.1. The van der Waals surface area contributed by atoms with E-state index in [0.717, 1.165) is 12.8 Å². The van der Waals surface area contributed by atoms with Crippen molar-refractivity contribution < 1.29 is 14.7 Å². The van der Waals surface area contributed by atoms with Crippen LogP contribution in [-0.4, -0.2) is 23.5 Å². The van der Waals surface area contributed by atoms with Crippen LogP contribution in [0, 0.1) is 17.3 Å². The smallest absolute Gasteiger partial charge is 0.307 e. The van der Waals surface area contributed by atoms with Crippen molar-refractivity contribution in [1.82, 2.24) is 5.32 Å². The van der Waals surface area contributed by atoms with Gasteiger partial charge in [-0.3, -0.25) is 9.59 Å². The molecule has 1 aliphatic rings. The fraction of sp³-hybridized carbons (Fsp3) is 0.875. The van der Waals surface area contributed by atoms with E-state index in [9.17, 15) is 9.59 Å². The van der Waals surface area contributed by atoms with E-state index < -0.39 is 11.9 Å². The van der Waals surface area contributed by atoms with Gasteiger partial charge in [0.2, 0.25) is 5.91 Å². The summed E-state index contributed by atoms with van der Waals surface area (Å²) in [7, 11) is 0. The summed E-state index contributed by atoms with van der Waals surface area (Å²) in [4.78, 5) is 23.3. The lowest BCUT2D eigenvalue weighted by Crippen LogP contribution is -2.40. The highest BCUT2D eigenvalue weighted by molar-refractivity contribution is 5.85. The standard InChI is InChI=1S/C16H29NO3/c1-4-5-6-10-16(2,3)11-17-14(18)12-8-7-9-13(12)15(19)20/h12-13H,4-11H2,1-3H3,(H,17,18)(H,19,20)/t12-,13+/m1/s1. The Balaban J connectivity index is 2.40. The molecular formula is C16H29NO3. The topological polar surface area (TPSA) is 66.4 Å². The summed E-state index contributed by atoms with van der Waals surface area (Å²) in [6.07, 6.45) is 6.88. The summed E-state index contributed by atoms with van der Waals surface area (Å²) >= 11 is 0. The molecule has 0 aromatic heterocycles. The third-order valence-corrected chi connectivity index (χ3v) is 4.37. The maximum absolute atomic E-state index is 12.2. The van der Waals surface area contributed by atoms with Gasteiger partial charge in [0, 0.05) is 6.54 Å². The lowest BCUT2D eigenvalue weighted by Gasteiger charge is -2.26. The first-order chi connectivity index (χ1) is 9.37. The van der Waals surface area contributed by atoms with Crippen LogP contribution in [0.2, 0.25) is 0 Å². The van der Waals surface area contributed by atoms with Gasteiger partial charge in [0.15, 0.2) is 0 Å². The highest BCUT2D eigenvalue weighted by atomic mass is 16.4. The van der Waals surface area contributed by atoms with Crippen LogP contribution in [0.15, 0.2) is 0 Å². The number of rotatable bonds is 8. The molecule has 0 bridgehead atoms. The molecule has 1 amide bonds. The van der Waals surface area contributed by atoms with E-state index in [0.29, 0.717) is 19.4 Å². The Labute approximate surface area is 122 Å². The molecule has 0 aromatic rings. The van der Waals surface area contributed by atoms with E-state index in [1.54, 1.807) is 0 Å². The number of carboxylic acid groups (broad SMARTS) is 1. The van der Waals surface area contributed by atoms with Gasteiger partial charge < -0.3 is 10.4 Å². The highest BCUT2D eigenvalue weighted by Gasteiger charge is 2.37. The van der Waals surface area contributed by atoms with Crippen LogP contribution < -0.4 is 5.32 Å². The molecule has 0 aromatic carbocycles. The van der Waals surface area contributed by atoms with Gasteiger partial charge in [-0.2, -0.15) is 0 Å². The molecule has 0 spiro atoms. The fourth-order valence-electron chi connectivity index (χ4n) is 2.97. The number of hydrogen-bond acceptors (Lipinski definition) is 2. The average Bonchev–Trinajstić information content (AvgIpc) is 2.85. The zero-order valence-corrected chi connectivity index (χ0v) is 13.1. The molecule has 0 radical (unpaired) electrons. The molecule has 0 heterocycles. The van der Waals surface area contributed by atoms with E-state index in [1.165, 1.54) is 19.3 Å². The molecule has 0 saturated heterocycles. The summed E-state index contributed by atoms with van der Waals surface area (Å²) in [5.74, 6) is -1.72. The number of carbonyl (C=O) groups is 2. The quantitative estimate of drug-likeness (QED) is 0.672. The Bertz CT molecular complexity index is 339. The predicted molar refractivity (Wildman–Crippen MR) is 79.4 cm³/mol. The number of unbranched alkanes of at least 4 members (excludes halogenated alkanes) is 2. The maximum atomic E-state index is 12.2. The summed E-state index contributed by atoms with van der Waals surface area (Å²) in [6.45, 7) is 7.14. The Hall–Kier alpha value is -1.06. The van der Waals surface area contributed by atoms with Crippen LogP contribution in [0.5, 0.6) is 0 Å². The molecule has 1 aliphatic carbocycles. The Morgan fingerprint density at radius 2 is 1.85 bits per heavy atom.